The molecule has 0 bridgehead atoms. The monoisotopic (exact) mass is 306 g/mol. The van der Waals surface area contributed by atoms with Crippen LogP contribution in [0.1, 0.15) is 6.42 Å². The van der Waals surface area contributed by atoms with Crippen LogP contribution in [-0.2, 0) is 9.84 Å². The molecule has 1 saturated heterocycles. The Kier molecular flexibility index (Phi) is 3.02. The normalized spacial score (nSPS) is 23.2. The van der Waals surface area contributed by atoms with Crippen molar-refractivity contribution in [3.05, 3.63) is 10.7 Å². The molecule has 88 valence electrons. The van der Waals surface area contributed by atoms with Gasteiger partial charge in [-0.3, -0.25) is 0 Å². The maximum absolute atomic E-state index is 11.3. The van der Waals surface area contributed by atoms with Crippen molar-refractivity contribution < 1.29 is 8.42 Å². The molecule has 0 aliphatic carbocycles. The summed E-state index contributed by atoms with van der Waals surface area (Å²) in [6, 6.07) is 1.45. The predicted molar refractivity (Wildman–Crippen MR) is 64.8 cm³/mol. The lowest BCUT2D eigenvalue weighted by Gasteiger charge is -2.10. The lowest BCUT2D eigenvalue weighted by molar-refractivity contribution is 0.602. The molecule has 0 radical (unpaired) electrons. The van der Waals surface area contributed by atoms with E-state index in [-0.39, 0.29) is 17.5 Å². The van der Waals surface area contributed by atoms with Crippen molar-refractivity contribution in [2.75, 3.05) is 22.6 Å². The zero-order chi connectivity index (χ0) is 11.8. The molecule has 2 rings (SSSR count). The van der Waals surface area contributed by atoms with Crippen molar-refractivity contribution in [3.63, 3.8) is 0 Å². The van der Waals surface area contributed by atoms with Gasteiger partial charge in [0.2, 0.25) is 5.95 Å². The quantitative estimate of drug-likeness (QED) is 0.769. The van der Waals surface area contributed by atoms with Crippen LogP contribution in [0.2, 0.25) is 0 Å². The third kappa shape index (κ3) is 2.82. The van der Waals surface area contributed by atoms with E-state index < -0.39 is 9.84 Å². The number of aromatic nitrogens is 2. The molecule has 0 saturated carbocycles. The molecule has 1 fully saturated rings. The molecule has 1 aliphatic rings. The Balaban J connectivity index is 2.10. The van der Waals surface area contributed by atoms with E-state index in [0.717, 1.165) is 0 Å². The molecule has 1 aliphatic heterocycles. The number of sulfone groups is 1. The predicted octanol–water partition coefficient (Wildman–Crippen LogP) is 0.420. The number of anilines is 2. The van der Waals surface area contributed by atoms with Gasteiger partial charge in [-0.05, 0) is 22.4 Å². The van der Waals surface area contributed by atoms with Crippen molar-refractivity contribution in [2.24, 2.45) is 0 Å². The van der Waals surface area contributed by atoms with Gasteiger partial charge in [0.25, 0.3) is 0 Å². The molecule has 6 nitrogen and oxygen atoms in total. The maximum atomic E-state index is 11.3. The lowest BCUT2D eigenvalue weighted by Crippen LogP contribution is -2.22. The van der Waals surface area contributed by atoms with E-state index in [2.05, 4.69) is 31.2 Å². The summed E-state index contributed by atoms with van der Waals surface area (Å²) in [7, 11) is -2.90. The zero-order valence-corrected chi connectivity index (χ0v) is 10.8. The number of halogens is 1. The summed E-state index contributed by atoms with van der Waals surface area (Å²) in [5.41, 5.74) is 5.55. The first kappa shape index (κ1) is 11.6. The smallest absolute Gasteiger partial charge is 0.225 e. The fourth-order valence-electron chi connectivity index (χ4n) is 1.59. The van der Waals surface area contributed by atoms with E-state index in [4.69, 9.17) is 5.73 Å². The Morgan fingerprint density at radius 2 is 2.25 bits per heavy atom. The molecule has 0 spiro atoms. The van der Waals surface area contributed by atoms with Gasteiger partial charge in [-0.25, -0.2) is 13.4 Å². The molecule has 1 aromatic rings. The minimum atomic E-state index is -2.90. The van der Waals surface area contributed by atoms with Crippen LogP contribution in [0.15, 0.2) is 10.7 Å². The average molecular weight is 307 g/mol. The Morgan fingerprint density at radius 1 is 1.50 bits per heavy atom. The first-order chi connectivity index (χ1) is 7.44. The molecule has 1 aromatic heterocycles. The summed E-state index contributed by atoms with van der Waals surface area (Å²) in [6.07, 6.45) is 0.581. The largest absolute Gasteiger partial charge is 0.383 e. The number of nitrogens with two attached hydrogens (primary N) is 1. The highest BCUT2D eigenvalue weighted by Crippen LogP contribution is 2.17. The molecule has 1 atom stereocenters. The number of nitrogens with zero attached hydrogens (tertiary/aromatic N) is 2. The van der Waals surface area contributed by atoms with Crippen LogP contribution in [0, 0.1) is 0 Å². The molecular formula is C8H11BrN4O2S. The Morgan fingerprint density at radius 3 is 2.81 bits per heavy atom. The van der Waals surface area contributed by atoms with Gasteiger partial charge in [0.05, 0.1) is 11.5 Å². The molecule has 1 unspecified atom stereocenters. The number of hydrogen-bond donors (Lipinski definition) is 2. The van der Waals surface area contributed by atoms with Crippen molar-refractivity contribution in [3.8, 4) is 0 Å². The van der Waals surface area contributed by atoms with E-state index in [1.165, 1.54) is 0 Å². The maximum Gasteiger partial charge on any atom is 0.225 e. The van der Waals surface area contributed by atoms with Gasteiger partial charge in [-0.1, -0.05) is 0 Å². The van der Waals surface area contributed by atoms with E-state index in [0.29, 0.717) is 22.8 Å². The van der Waals surface area contributed by atoms with Gasteiger partial charge in [0, 0.05) is 12.1 Å². The van der Waals surface area contributed by atoms with E-state index >= 15 is 0 Å². The zero-order valence-electron chi connectivity index (χ0n) is 8.35. The van der Waals surface area contributed by atoms with Gasteiger partial charge in [0.15, 0.2) is 9.84 Å². The highest BCUT2D eigenvalue weighted by Gasteiger charge is 2.28. The molecule has 0 amide bonds. The Bertz CT molecular complexity index is 485. The van der Waals surface area contributed by atoms with Crippen molar-refractivity contribution in [2.45, 2.75) is 12.5 Å². The van der Waals surface area contributed by atoms with Crippen LogP contribution in [0.3, 0.4) is 0 Å². The van der Waals surface area contributed by atoms with Crippen LogP contribution in [-0.4, -0.2) is 35.9 Å². The number of nitrogen functional groups attached to an aromatic ring is 1. The third-order valence-corrected chi connectivity index (χ3v) is 4.45. The first-order valence-corrected chi connectivity index (χ1v) is 7.33. The van der Waals surface area contributed by atoms with Crippen LogP contribution in [0.25, 0.3) is 0 Å². The van der Waals surface area contributed by atoms with Crippen molar-refractivity contribution in [1.82, 2.24) is 9.97 Å². The number of hydrogen-bond acceptors (Lipinski definition) is 6. The SMILES string of the molecule is Nc1cc(Br)nc(NC2CCS(=O)(=O)C2)n1. The second-order valence-corrected chi connectivity index (χ2v) is 6.72. The van der Waals surface area contributed by atoms with E-state index in [9.17, 15) is 8.42 Å². The molecule has 8 heteroatoms. The van der Waals surface area contributed by atoms with E-state index in [1.54, 1.807) is 6.07 Å². The van der Waals surface area contributed by atoms with Gasteiger partial charge in [0.1, 0.15) is 10.4 Å². The third-order valence-electron chi connectivity index (χ3n) is 2.28. The fourth-order valence-corrected chi connectivity index (χ4v) is 3.67. The van der Waals surface area contributed by atoms with Crippen LogP contribution in [0.4, 0.5) is 11.8 Å². The standard InChI is InChI=1S/C8H11BrN4O2S/c9-6-3-7(10)13-8(12-6)11-5-1-2-16(14,15)4-5/h3,5H,1-2,4H2,(H3,10,11,12,13). The molecule has 0 aromatic carbocycles. The van der Waals surface area contributed by atoms with Crippen LogP contribution in [0.5, 0.6) is 0 Å². The number of rotatable bonds is 2. The fraction of sp³-hybridized carbons (Fsp3) is 0.500. The van der Waals surface area contributed by atoms with Crippen LogP contribution < -0.4 is 11.1 Å². The Labute approximate surface area is 102 Å². The first-order valence-electron chi connectivity index (χ1n) is 4.72. The second kappa shape index (κ2) is 4.17. The average Bonchev–Trinajstić information content (AvgIpc) is 2.43. The molecule has 2 heterocycles. The minimum absolute atomic E-state index is 0.126. The van der Waals surface area contributed by atoms with E-state index in [1.807, 2.05) is 0 Å². The Hall–Kier alpha value is -0.890. The summed E-state index contributed by atoms with van der Waals surface area (Å²) in [5, 5.41) is 2.97. The molecular weight excluding hydrogens is 296 g/mol. The van der Waals surface area contributed by atoms with Crippen molar-refractivity contribution in [1.29, 1.82) is 0 Å². The minimum Gasteiger partial charge on any atom is -0.383 e. The summed E-state index contributed by atoms with van der Waals surface area (Å²) in [4.78, 5) is 8.04. The second-order valence-electron chi connectivity index (χ2n) is 3.68. The number of nitrogens with one attached hydrogen (secondary N) is 1. The molecule has 16 heavy (non-hydrogen) atoms. The molecule has 3 N–H and O–H groups in total. The van der Waals surface area contributed by atoms with Gasteiger partial charge >= 0.3 is 0 Å². The highest BCUT2D eigenvalue weighted by molar-refractivity contribution is 9.10. The van der Waals surface area contributed by atoms with Crippen molar-refractivity contribution >= 4 is 37.5 Å². The van der Waals surface area contributed by atoms with Gasteiger partial charge in [-0.15, -0.1) is 0 Å². The van der Waals surface area contributed by atoms with Gasteiger partial charge < -0.3 is 11.1 Å². The summed E-state index contributed by atoms with van der Waals surface area (Å²) >= 11 is 3.20. The summed E-state index contributed by atoms with van der Waals surface area (Å²) < 4.78 is 23.1. The lowest BCUT2D eigenvalue weighted by atomic mass is 10.3. The highest BCUT2D eigenvalue weighted by atomic mass is 79.9. The van der Waals surface area contributed by atoms with Gasteiger partial charge in [-0.2, -0.15) is 4.98 Å². The topological polar surface area (TPSA) is 98.0 Å². The summed E-state index contributed by atoms with van der Waals surface area (Å²) in [6.45, 7) is 0. The van der Waals surface area contributed by atoms with Crippen LogP contribution >= 0.6 is 15.9 Å². The summed E-state index contributed by atoms with van der Waals surface area (Å²) in [5.74, 6) is 1.04.